The smallest absolute Gasteiger partial charge is 0.384 e. The summed E-state index contributed by atoms with van der Waals surface area (Å²) in [6.45, 7) is 0. The van der Waals surface area contributed by atoms with Crippen molar-refractivity contribution in [3.05, 3.63) is 34.9 Å². The number of hydrogen-bond donors (Lipinski definition) is 0. The molecule has 0 heterocycles. The van der Waals surface area contributed by atoms with E-state index in [-0.39, 0.29) is 0 Å². The highest BCUT2D eigenvalue weighted by Gasteiger charge is 1.94. The molecule has 0 aliphatic carbocycles. The molecule has 0 saturated carbocycles. The van der Waals surface area contributed by atoms with Gasteiger partial charge in [0.1, 0.15) is 0 Å². The summed E-state index contributed by atoms with van der Waals surface area (Å²) < 4.78 is 4.36. The Bertz CT molecular complexity index is 374. The quantitative estimate of drug-likeness (QED) is 0.466. The fraction of sp³-hybridized carbons (Fsp3) is 0.100. The van der Waals surface area contributed by atoms with Crippen molar-refractivity contribution in [3.8, 4) is 11.8 Å². The van der Waals surface area contributed by atoms with E-state index in [1.165, 1.54) is 7.11 Å². The molecule has 0 atom stereocenters. The summed E-state index contributed by atoms with van der Waals surface area (Å²) in [6, 6.07) is 7.04. The van der Waals surface area contributed by atoms with Crippen molar-refractivity contribution < 1.29 is 9.53 Å². The second kappa shape index (κ2) is 4.54. The average Bonchev–Trinajstić information content (AvgIpc) is 2.16. The van der Waals surface area contributed by atoms with Crippen LogP contribution in [-0.2, 0) is 9.53 Å². The highest BCUT2D eigenvalue weighted by atomic mass is 35.5. The maximum Gasteiger partial charge on any atom is 0.384 e. The first kappa shape index (κ1) is 9.63. The van der Waals surface area contributed by atoms with E-state index in [0.29, 0.717) is 10.6 Å². The lowest BCUT2D eigenvalue weighted by Gasteiger charge is -1.92. The standard InChI is InChI=1S/C10H7ClO2/c1-13-10(12)7-6-8-4-2-3-5-9(8)11/h2-5H,1H3. The molecule has 0 N–H and O–H groups in total. The predicted octanol–water partition coefficient (Wildman–Crippen LogP) is 1.86. The summed E-state index contributed by atoms with van der Waals surface area (Å²) in [5.41, 5.74) is 0.620. The van der Waals surface area contributed by atoms with Gasteiger partial charge in [-0.15, -0.1) is 0 Å². The van der Waals surface area contributed by atoms with Crippen LogP contribution in [0.1, 0.15) is 5.56 Å². The summed E-state index contributed by atoms with van der Waals surface area (Å²) in [7, 11) is 1.28. The average molecular weight is 195 g/mol. The number of esters is 1. The van der Waals surface area contributed by atoms with Gasteiger partial charge >= 0.3 is 5.97 Å². The van der Waals surface area contributed by atoms with Crippen molar-refractivity contribution >= 4 is 17.6 Å². The summed E-state index contributed by atoms with van der Waals surface area (Å²) >= 11 is 5.80. The van der Waals surface area contributed by atoms with Crippen LogP contribution in [0.25, 0.3) is 0 Å². The van der Waals surface area contributed by atoms with E-state index in [9.17, 15) is 4.79 Å². The summed E-state index contributed by atoms with van der Waals surface area (Å²) in [5.74, 6) is 4.33. The zero-order valence-electron chi connectivity index (χ0n) is 7.00. The topological polar surface area (TPSA) is 26.3 Å². The third-order valence-electron chi connectivity index (χ3n) is 1.36. The molecule has 1 aromatic rings. The number of methoxy groups -OCH3 is 1. The van der Waals surface area contributed by atoms with Crippen molar-refractivity contribution in [2.75, 3.05) is 7.11 Å². The number of ether oxygens (including phenoxy) is 1. The number of rotatable bonds is 0. The van der Waals surface area contributed by atoms with Crippen LogP contribution in [0.5, 0.6) is 0 Å². The van der Waals surface area contributed by atoms with Gasteiger partial charge in [0, 0.05) is 11.5 Å². The molecular formula is C10H7ClO2. The molecule has 0 spiro atoms. The predicted molar refractivity (Wildman–Crippen MR) is 50.3 cm³/mol. The van der Waals surface area contributed by atoms with Crippen LogP contribution >= 0.6 is 11.6 Å². The van der Waals surface area contributed by atoms with Gasteiger partial charge in [-0.2, -0.15) is 0 Å². The van der Waals surface area contributed by atoms with E-state index < -0.39 is 5.97 Å². The summed E-state index contributed by atoms with van der Waals surface area (Å²) in [5, 5.41) is 0.527. The zero-order valence-corrected chi connectivity index (χ0v) is 7.76. The molecule has 0 bridgehead atoms. The maximum atomic E-state index is 10.7. The first-order valence-electron chi connectivity index (χ1n) is 3.58. The molecule has 66 valence electrons. The zero-order chi connectivity index (χ0) is 9.68. The van der Waals surface area contributed by atoms with Crippen LogP contribution < -0.4 is 0 Å². The third kappa shape index (κ3) is 2.81. The molecule has 0 fully saturated rings. The first-order valence-corrected chi connectivity index (χ1v) is 3.96. The van der Waals surface area contributed by atoms with Gasteiger partial charge in [-0.1, -0.05) is 29.7 Å². The van der Waals surface area contributed by atoms with Gasteiger partial charge in [-0.05, 0) is 12.1 Å². The molecule has 0 saturated heterocycles. The van der Waals surface area contributed by atoms with E-state index in [2.05, 4.69) is 16.6 Å². The highest BCUT2D eigenvalue weighted by Crippen LogP contribution is 2.12. The number of benzene rings is 1. The number of carbonyl (C=O) groups is 1. The van der Waals surface area contributed by atoms with Crippen LogP contribution in [0.15, 0.2) is 24.3 Å². The van der Waals surface area contributed by atoms with Crippen LogP contribution in [0.4, 0.5) is 0 Å². The molecule has 1 aromatic carbocycles. The maximum absolute atomic E-state index is 10.7. The molecular weight excluding hydrogens is 188 g/mol. The lowest BCUT2D eigenvalue weighted by molar-refractivity contribution is -0.133. The van der Waals surface area contributed by atoms with Gasteiger partial charge in [0.05, 0.1) is 12.1 Å². The molecule has 0 aliphatic rings. The van der Waals surface area contributed by atoms with E-state index in [1.54, 1.807) is 24.3 Å². The fourth-order valence-corrected chi connectivity index (χ4v) is 0.915. The van der Waals surface area contributed by atoms with Gasteiger partial charge < -0.3 is 4.74 Å². The number of hydrogen-bond acceptors (Lipinski definition) is 2. The Morgan fingerprint density at radius 2 is 2.15 bits per heavy atom. The van der Waals surface area contributed by atoms with Crippen molar-refractivity contribution in [2.45, 2.75) is 0 Å². The minimum absolute atomic E-state index is 0.527. The van der Waals surface area contributed by atoms with Crippen LogP contribution in [0.2, 0.25) is 5.02 Å². The molecule has 0 amide bonds. The van der Waals surface area contributed by atoms with E-state index in [4.69, 9.17) is 11.6 Å². The van der Waals surface area contributed by atoms with E-state index in [0.717, 1.165) is 0 Å². The minimum atomic E-state index is -0.570. The molecule has 0 aliphatic heterocycles. The largest absolute Gasteiger partial charge is 0.459 e. The van der Waals surface area contributed by atoms with Crippen molar-refractivity contribution in [1.82, 2.24) is 0 Å². The molecule has 2 nitrogen and oxygen atoms in total. The molecule has 3 heteroatoms. The van der Waals surface area contributed by atoms with Crippen molar-refractivity contribution in [3.63, 3.8) is 0 Å². The molecule has 0 aromatic heterocycles. The van der Waals surface area contributed by atoms with Crippen LogP contribution in [0, 0.1) is 11.8 Å². The Labute approximate surface area is 81.5 Å². The first-order chi connectivity index (χ1) is 6.24. The van der Waals surface area contributed by atoms with Gasteiger partial charge in [0.15, 0.2) is 0 Å². The summed E-state index contributed by atoms with van der Waals surface area (Å²) in [4.78, 5) is 10.7. The monoisotopic (exact) mass is 194 g/mol. The van der Waals surface area contributed by atoms with E-state index >= 15 is 0 Å². The van der Waals surface area contributed by atoms with E-state index in [1.807, 2.05) is 0 Å². The highest BCUT2D eigenvalue weighted by molar-refractivity contribution is 6.31. The Morgan fingerprint density at radius 1 is 1.46 bits per heavy atom. The van der Waals surface area contributed by atoms with Gasteiger partial charge in [0.2, 0.25) is 0 Å². The van der Waals surface area contributed by atoms with Gasteiger partial charge in [-0.25, -0.2) is 4.79 Å². The Morgan fingerprint density at radius 3 is 2.77 bits per heavy atom. The molecule has 1 rings (SSSR count). The fourth-order valence-electron chi connectivity index (χ4n) is 0.732. The van der Waals surface area contributed by atoms with Gasteiger partial charge in [-0.3, -0.25) is 0 Å². The molecule has 0 unspecified atom stereocenters. The third-order valence-corrected chi connectivity index (χ3v) is 1.69. The van der Waals surface area contributed by atoms with Crippen LogP contribution in [0.3, 0.4) is 0 Å². The van der Waals surface area contributed by atoms with Crippen molar-refractivity contribution in [1.29, 1.82) is 0 Å². The normalized spacial score (nSPS) is 8.46. The Balaban J connectivity index is 2.89. The SMILES string of the molecule is COC(=O)C#Cc1ccccc1Cl. The lowest BCUT2D eigenvalue weighted by atomic mass is 10.2. The second-order valence-corrected chi connectivity index (χ2v) is 2.63. The van der Waals surface area contributed by atoms with Crippen LogP contribution in [-0.4, -0.2) is 13.1 Å². The van der Waals surface area contributed by atoms with Crippen molar-refractivity contribution in [2.24, 2.45) is 0 Å². The Kier molecular flexibility index (Phi) is 3.36. The minimum Gasteiger partial charge on any atom is -0.459 e. The van der Waals surface area contributed by atoms with Gasteiger partial charge in [0.25, 0.3) is 0 Å². The Hall–Kier alpha value is -1.46. The summed E-state index contributed by atoms with van der Waals surface area (Å²) in [6.07, 6.45) is 0. The number of carbonyl (C=O) groups excluding carboxylic acids is 1. The molecule has 13 heavy (non-hydrogen) atoms. The second-order valence-electron chi connectivity index (χ2n) is 2.22. The molecule has 0 radical (unpaired) electrons. The number of halogens is 1. The lowest BCUT2D eigenvalue weighted by Crippen LogP contribution is -1.94.